The van der Waals surface area contributed by atoms with Crippen LogP contribution in [0.1, 0.15) is 37.4 Å². The molecule has 4 rings (SSSR count). The van der Waals surface area contributed by atoms with Crippen molar-refractivity contribution in [3.05, 3.63) is 41.1 Å². The van der Waals surface area contributed by atoms with Gasteiger partial charge in [-0.1, -0.05) is 11.6 Å². The quantitative estimate of drug-likeness (QED) is 0.784. The first-order valence-corrected chi connectivity index (χ1v) is 8.40. The number of nitrogens with one attached hydrogen (secondary N) is 1. The van der Waals surface area contributed by atoms with E-state index in [1.807, 2.05) is 24.0 Å². The van der Waals surface area contributed by atoms with Gasteiger partial charge in [-0.3, -0.25) is 4.90 Å². The van der Waals surface area contributed by atoms with Gasteiger partial charge < -0.3 is 9.72 Å². The van der Waals surface area contributed by atoms with Crippen LogP contribution in [0, 0.1) is 0 Å². The summed E-state index contributed by atoms with van der Waals surface area (Å²) in [5.74, 6) is -2.21. The van der Waals surface area contributed by atoms with Crippen LogP contribution in [0.25, 0.3) is 10.9 Å². The molecule has 2 aromatic rings. The second kappa shape index (κ2) is 5.31. The zero-order chi connectivity index (χ0) is 17.1. The standard InChI is InChI=1S/C19H22F2N2O/c1-4-12-7-14-11(2)23(9-12)10-19(20,21)17-15-8-13(24-3)5-6-16(15)22-18(14)17/h4-6,8,11,14,22H,7,9-10H2,1-3H3. The molecule has 3 nitrogen and oxygen atoms in total. The van der Waals surface area contributed by atoms with Gasteiger partial charge in [-0.2, -0.15) is 8.78 Å². The van der Waals surface area contributed by atoms with Crippen LogP contribution >= 0.6 is 0 Å². The molecule has 128 valence electrons. The normalized spacial score (nSPS) is 30.2. The van der Waals surface area contributed by atoms with Crippen molar-refractivity contribution in [3.63, 3.8) is 0 Å². The van der Waals surface area contributed by atoms with Gasteiger partial charge in [0.2, 0.25) is 0 Å². The summed E-state index contributed by atoms with van der Waals surface area (Å²) in [6, 6.07) is 5.46. The van der Waals surface area contributed by atoms with Crippen molar-refractivity contribution in [3.8, 4) is 5.75 Å². The van der Waals surface area contributed by atoms with Crippen LogP contribution in [0.2, 0.25) is 0 Å². The lowest BCUT2D eigenvalue weighted by Gasteiger charge is -2.39. The molecule has 24 heavy (non-hydrogen) atoms. The number of aromatic nitrogens is 1. The van der Waals surface area contributed by atoms with E-state index in [2.05, 4.69) is 18.0 Å². The van der Waals surface area contributed by atoms with Gasteiger partial charge in [0.15, 0.2) is 0 Å². The highest BCUT2D eigenvalue weighted by molar-refractivity contribution is 5.87. The maximum Gasteiger partial charge on any atom is 0.288 e. The number of nitrogens with zero attached hydrogens (tertiary/aromatic N) is 1. The zero-order valence-electron chi connectivity index (χ0n) is 14.2. The lowest BCUT2D eigenvalue weighted by atomic mass is 9.84. The lowest BCUT2D eigenvalue weighted by Crippen LogP contribution is -2.45. The number of hydrogen-bond acceptors (Lipinski definition) is 2. The Morgan fingerprint density at radius 1 is 1.38 bits per heavy atom. The molecule has 0 amide bonds. The van der Waals surface area contributed by atoms with Gasteiger partial charge in [0.1, 0.15) is 5.75 Å². The van der Waals surface area contributed by atoms with Gasteiger partial charge in [-0.05, 0) is 38.5 Å². The summed E-state index contributed by atoms with van der Waals surface area (Å²) >= 11 is 0. The number of methoxy groups -OCH3 is 1. The van der Waals surface area contributed by atoms with Crippen molar-refractivity contribution >= 4 is 10.9 Å². The third-order valence-corrected chi connectivity index (χ3v) is 5.63. The Morgan fingerprint density at radius 3 is 2.88 bits per heavy atom. The molecule has 3 atom stereocenters. The maximum atomic E-state index is 15.2. The topological polar surface area (TPSA) is 28.3 Å². The predicted octanol–water partition coefficient (Wildman–Crippen LogP) is 4.41. The van der Waals surface area contributed by atoms with Crippen molar-refractivity contribution in [2.75, 3.05) is 20.2 Å². The highest BCUT2D eigenvalue weighted by Crippen LogP contribution is 2.48. The SMILES string of the molecule is CC=C1CC2c3[nH]c4ccc(OC)cc4c3C(F)(F)CN(C1)C2C. The van der Waals surface area contributed by atoms with Gasteiger partial charge >= 0.3 is 0 Å². The molecule has 0 saturated carbocycles. The minimum Gasteiger partial charge on any atom is -0.497 e. The molecule has 1 aromatic heterocycles. The lowest BCUT2D eigenvalue weighted by molar-refractivity contribution is -0.0409. The molecular formula is C19H22F2N2O. The van der Waals surface area contributed by atoms with Crippen LogP contribution in [-0.4, -0.2) is 36.1 Å². The van der Waals surface area contributed by atoms with Crippen molar-refractivity contribution in [1.82, 2.24) is 9.88 Å². The van der Waals surface area contributed by atoms with E-state index in [0.29, 0.717) is 23.4 Å². The van der Waals surface area contributed by atoms with E-state index in [0.717, 1.165) is 11.9 Å². The van der Waals surface area contributed by atoms with Crippen molar-refractivity contribution in [2.45, 2.75) is 38.2 Å². The number of rotatable bonds is 1. The monoisotopic (exact) mass is 332 g/mol. The first kappa shape index (κ1) is 15.6. The van der Waals surface area contributed by atoms with E-state index in [4.69, 9.17) is 4.74 Å². The van der Waals surface area contributed by atoms with Crippen molar-refractivity contribution in [2.24, 2.45) is 0 Å². The first-order chi connectivity index (χ1) is 11.4. The van der Waals surface area contributed by atoms with E-state index >= 15 is 8.78 Å². The summed E-state index contributed by atoms with van der Waals surface area (Å²) in [7, 11) is 1.56. The molecule has 1 N–H and O–H groups in total. The number of ether oxygens (including phenoxy) is 1. The molecule has 2 aliphatic rings. The molecule has 0 spiro atoms. The average Bonchev–Trinajstić information content (AvgIpc) is 2.93. The maximum absolute atomic E-state index is 15.2. The van der Waals surface area contributed by atoms with E-state index in [1.54, 1.807) is 13.2 Å². The Kier molecular flexibility index (Phi) is 3.46. The number of alkyl halides is 2. The molecule has 1 fully saturated rings. The Hall–Kier alpha value is -1.88. The third kappa shape index (κ3) is 2.18. The second-order valence-corrected chi connectivity index (χ2v) is 6.93. The van der Waals surface area contributed by atoms with Crippen LogP contribution in [0.5, 0.6) is 5.75 Å². The number of allylic oxidation sites excluding steroid dienone is 1. The van der Waals surface area contributed by atoms with Gasteiger partial charge in [0, 0.05) is 35.1 Å². The van der Waals surface area contributed by atoms with Crippen LogP contribution in [-0.2, 0) is 5.92 Å². The predicted molar refractivity (Wildman–Crippen MR) is 90.9 cm³/mol. The van der Waals surface area contributed by atoms with E-state index in [9.17, 15) is 0 Å². The molecule has 3 heterocycles. The van der Waals surface area contributed by atoms with Gasteiger partial charge in [-0.15, -0.1) is 0 Å². The number of halogens is 2. The summed E-state index contributed by atoms with van der Waals surface area (Å²) < 4.78 is 35.6. The van der Waals surface area contributed by atoms with Crippen molar-refractivity contribution in [1.29, 1.82) is 0 Å². The Morgan fingerprint density at radius 2 is 2.17 bits per heavy atom. The Balaban J connectivity index is 1.98. The number of H-pyrrole nitrogens is 1. The minimum absolute atomic E-state index is 0.0618. The molecule has 2 bridgehead atoms. The van der Waals surface area contributed by atoms with Crippen molar-refractivity contribution < 1.29 is 13.5 Å². The highest BCUT2D eigenvalue weighted by Gasteiger charge is 2.48. The molecule has 0 aliphatic carbocycles. The number of benzene rings is 1. The molecule has 2 aliphatic heterocycles. The van der Waals surface area contributed by atoms with Crippen LogP contribution in [0.15, 0.2) is 29.8 Å². The third-order valence-electron chi connectivity index (χ3n) is 5.63. The van der Waals surface area contributed by atoms with Crippen LogP contribution < -0.4 is 4.74 Å². The summed E-state index contributed by atoms with van der Waals surface area (Å²) in [6.45, 7) is 4.45. The molecule has 0 radical (unpaired) electrons. The Labute approximate surface area is 140 Å². The zero-order valence-corrected chi connectivity index (χ0v) is 14.2. The molecule has 1 aromatic carbocycles. The fraction of sp³-hybridized carbons (Fsp3) is 0.474. The molecule has 3 unspecified atom stereocenters. The minimum atomic E-state index is -2.88. The molecule has 1 saturated heterocycles. The summed E-state index contributed by atoms with van der Waals surface area (Å²) in [6.07, 6.45) is 2.90. The summed E-state index contributed by atoms with van der Waals surface area (Å²) in [4.78, 5) is 5.22. The first-order valence-electron chi connectivity index (χ1n) is 8.40. The second-order valence-electron chi connectivity index (χ2n) is 6.93. The van der Waals surface area contributed by atoms with Gasteiger partial charge in [-0.25, -0.2) is 0 Å². The largest absolute Gasteiger partial charge is 0.497 e. The van der Waals surface area contributed by atoms with Gasteiger partial charge in [0.05, 0.1) is 19.2 Å². The van der Waals surface area contributed by atoms with E-state index < -0.39 is 5.92 Å². The number of fused-ring (bicyclic) bond motifs is 6. The smallest absolute Gasteiger partial charge is 0.288 e. The summed E-state index contributed by atoms with van der Waals surface area (Å²) in [5.41, 5.74) is 2.84. The van der Waals surface area contributed by atoms with Crippen LogP contribution in [0.3, 0.4) is 0 Å². The average molecular weight is 332 g/mol. The molecular weight excluding hydrogens is 310 g/mol. The van der Waals surface area contributed by atoms with Gasteiger partial charge in [0.25, 0.3) is 5.92 Å². The van der Waals surface area contributed by atoms with E-state index in [-0.39, 0.29) is 24.1 Å². The fourth-order valence-corrected chi connectivity index (χ4v) is 4.25. The Bertz CT molecular complexity index is 824. The number of aromatic amines is 1. The highest BCUT2D eigenvalue weighted by atomic mass is 19.3. The van der Waals surface area contributed by atoms with Crippen LogP contribution in [0.4, 0.5) is 8.78 Å². The fourth-order valence-electron chi connectivity index (χ4n) is 4.25. The number of piperidine rings is 1. The molecule has 5 heteroatoms. The summed E-state index contributed by atoms with van der Waals surface area (Å²) in [5, 5.41) is 0.581. The van der Waals surface area contributed by atoms with E-state index in [1.165, 1.54) is 5.57 Å². The number of hydrogen-bond donors (Lipinski definition) is 1.